The Morgan fingerprint density at radius 3 is 2.72 bits per heavy atom. The molecule has 0 aliphatic carbocycles. The lowest BCUT2D eigenvalue weighted by Gasteiger charge is -2.17. The van der Waals surface area contributed by atoms with Gasteiger partial charge in [-0.1, -0.05) is 17.7 Å². The van der Waals surface area contributed by atoms with Crippen LogP contribution in [0.25, 0.3) is 0 Å². The van der Waals surface area contributed by atoms with E-state index in [-0.39, 0.29) is 18.2 Å². The first kappa shape index (κ1) is 17.6. The van der Waals surface area contributed by atoms with Gasteiger partial charge in [-0.15, -0.1) is 11.8 Å². The van der Waals surface area contributed by atoms with Crippen LogP contribution in [-0.4, -0.2) is 31.2 Å². The number of nitrogens with zero attached hydrogens (tertiary/aromatic N) is 1. The highest BCUT2D eigenvalue weighted by atomic mass is 35.5. The maximum absolute atomic E-state index is 12.7. The molecule has 2 amide bonds. The van der Waals surface area contributed by atoms with Crippen LogP contribution in [0, 0.1) is 0 Å². The van der Waals surface area contributed by atoms with E-state index >= 15 is 0 Å². The number of carbonyl (C=O) groups is 2. The van der Waals surface area contributed by atoms with Gasteiger partial charge in [-0.3, -0.25) is 9.59 Å². The lowest BCUT2D eigenvalue weighted by molar-refractivity contribution is -0.121. The molecule has 1 atom stereocenters. The molecule has 1 saturated heterocycles. The van der Waals surface area contributed by atoms with E-state index in [9.17, 15) is 9.59 Å². The Balaban J connectivity index is 1.81. The summed E-state index contributed by atoms with van der Waals surface area (Å²) in [6, 6.07) is 12.0. The fourth-order valence-electron chi connectivity index (χ4n) is 2.72. The number of halogens is 1. The first-order valence-corrected chi connectivity index (χ1v) is 9.24. The Hall–Kier alpha value is -2.18. The number of benzene rings is 2. The average Bonchev–Trinajstić information content (AvgIpc) is 2.88. The van der Waals surface area contributed by atoms with E-state index < -0.39 is 6.04 Å². The van der Waals surface area contributed by atoms with Gasteiger partial charge in [0, 0.05) is 10.6 Å². The molecule has 0 spiro atoms. The molecule has 1 aliphatic heterocycles. The van der Waals surface area contributed by atoms with Gasteiger partial charge in [0.2, 0.25) is 5.91 Å². The number of carbonyl (C=O) groups excluding carboxylic acids is 2. The number of nitrogens with one attached hydrogen (secondary N) is 1. The van der Waals surface area contributed by atoms with E-state index in [1.807, 2.05) is 30.5 Å². The molecule has 25 heavy (non-hydrogen) atoms. The molecule has 1 fully saturated rings. The zero-order valence-electron chi connectivity index (χ0n) is 13.8. The fraction of sp³-hybridized carbons (Fsp3) is 0.222. The Kier molecular flexibility index (Phi) is 5.20. The summed E-state index contributed by atoms with van der Waals surface area (Å²) in [5.74, 6) is -0.0568. The van der Waals surface area contributed by atoms with Crippen LogP contribution >= 0.6 is 23.4 Å². The quantitative estimate of drug-likeness (QED) is 0.635. The van der Waals surface area contributed by atoms with Gasteiger partial charge in [-0.25, -0.2) is 4.90 Å². The molecule has 5 nitrogen and oxygen atoms in total. The minimum absolute atomic E-state index is 0.103. The Morgan fingerprint density at radius 1 is 1.24 bits per heavy atom. The summed E-state index contributed by atoms with van der Waals surface area (Å²) in [6.07, 6.45) is 2.09. The second-order valence-electron chi connectivity index (χ2n) is 5.52. The van der Waals surface area contributed by atoms with Crippen molar-refractivity contribution in [1.29, 1.82) is 0 Å². The van der Waals surface area contributed by atoms with Crippen molar-refractivity contribution in [2.24, 2.45) is 0 Å². The minimum Gasteiger partial charge on any atom is -0.495 e. The van der Waals surface area contributed by atoms with E-state index in [1.165, 1.54) is 12.0 Å². The second-order valence-corrected chi connectivity index (χ2v) is 6.81. The Labute approximate surface area is 155 Å². The molecule has 0 radical (unpaired) electrons. The predicted molar refractivity (Wildman–Crippen MR) is 101 cm³/mol. The van der Waals surface area contributed by atoms with Crippen molar-refractivity contribution in [2.75, 3.05) is 23.6 Å². The van der Waals surface area contributed by atoms with Crippen molar-refractivity contribution in [3.8, 4) is 5.75 Å². The molecule has 2 aromatic rings. The van der Waals surface area contributed by atoms with Crippen molar-refractivity contribution in [2.45, 2.75) is 17.4 Å². The third-order valence-corrected chi connectivity index (χ3v) is 4.97. The monoisotopic (exact) mass is 376 g/mol. The van der Waals surface area contributed by atoms with Gasteiger partial charge in [-0.2, -0.15) is 0 Å². The van der Waals surface area contributed by atoms with Crippen LogP contribution in [0.5, 0.6) is 5.75 Å². The van der Waals surface area contributed by atoms with Crippen molar-refractivity contribution in [3.63, 3.8) is 0 Å². The molecule has 1 N–H and O–H groups in total. The SMILES string of the molecule is COc1ccc(N2C(=O)C[C@@H](Nc3cccc(SC)c3)C2=O)cc1Cl. The van der Waals surface area contributed by atoms with Gasteiger partial charge in [0.05, 0.1) is 24.2 Å². The van der Waals surface area contributed by atoms with Crippen LogP contribution < -0.4 is 15.0 Å². The van der Waals surface area contributed by atoms with Crippen LogP contribution in [-0.2, 0) is 9.59 Å². The van der Waals surface area contributed by atoms with Crippen molar-refractivity contribution in [3.05, 3.63) is 47.5 Å². The highest BCUT2D eigenvalue weighted by molar-refractivity contribution is 7.98. The molecular weight excluding hydrogens is 360 g/mol. The summed E-state index contributed by atoms with van der Waals surface area (Å²) in [7, 11) is 1.51. The summed E-state index contributed by atoms with van der Waals surface area (Å²) in [5, 5.41) is 3.50. The highest BCUT2D eigenvalue weighted by Crippen LogP contribution is 2.32. The Bertz CT molecular complexity index is 828. The molecule has 0 unspecified atom stereocenters. The molecule has 1 heterocycles. The van der Waals surface area contributed by atoms with Crippen molar-refractivity contribution < 1.29 is 14.3 Å². The largest absolute Gasteiger partial charge is 0.495 e. The van der Waals surface area contributed by atoms with Gasteiger partial charge in [-0.05, 0) is 42.7 Å². The third-order valence-electron chi connectivity index (χ3n) is 3.95. The normalized spacial score (nSPS) is 17.1. The van der Waals surface area contributed by atoms with Gasteiger partial charge < -0.3 is 10.1 Å². The molecule has 7 heteroatoms. The minimum atomic E-state index is -0.592. The van der Waals surface area contributed by atoms with Crippen LogP contribution in [0.1, 0.15) is 6.42 Å². The van der Waals surface area contributed by atoms with Crippen LogP contribution in [0.15, 0.2) is 47.4 Å². The molecule has 0 aromatic heterocycles. The number of hydrogen-bond acceptors (Lipinski definition) is 5. The number of methoxy groups -OCH3 is 1. The summed E-state index contributed by atoms with van der Waals surface area (Å²) in [6.45, 7) is 0. The summed E-state index contributed by atoms with van der Waals surface area (Å²) in [5.41, 5.74) is 1.26. The highest BCUT2D eigenvalue weighted by Gasteiger charge is 2.39. The number of imide groups is 1. The molecule has 3 rings (SSSR count). The van der Waals surface area contributed by atoms with Crippen molar-refractivity contribution >= 4 is 46.6 Å². The van der Waals surface area contributed by atoms with E-state index in [0.717, 1.165) is 10.6 Å². The number of hydrogen-bond donors (Lipinski definition) is 1. The zero-order valence-corrected chi connectivity index (χ0v) is 15.4. The fourth-order valence-corrected chi connectivity index (χ4v) is 3.44. The smallest absolute Gasteiger partial charge is 0.256 e. The third kappa shape index (κ3) is 3.60. The van der Waals surface area contributed by atoms with E-state index in [4.69, 9.17) is 16.3 Å². The maximum atomic E-state index is 12.7. The van der Waals surface area contributed by atoms with Gasteiger partial charge in [0.1, 0.15) is 11.8 Å². The number of ether oxygens (including phenoxy) is 1. The Morgan fingerprint density at radius 2 is 2.04 bits per heavy atom. The van der Waals surface area contributed by atoms with E-state index in [0.29, 0.717) is 16.5 Å². The summed E-state index contributed by atoms with van der Waals surface area (Å²) >= 11 is 7.73. The molecule has 0 saturated carbocycles. The zero-order chi connectivity index (χ0) is 18.0. The lowest BCUT2D eigenvalue weighted by atomic mass is 10.2. The molecule has 1 aliphatic rings. The number of amides is 2. The first-order valence-electron chi connectivity index (χ1n) is 7.64. The first-order chi connectivity index (χ1) is 12.0. The van der Waals surface area contributed by atoms with Crippen LogP contribution in [0.3, 0.4) is 0 Å². The predicted octanol–water partition coefficient (Wildman–Crippen LogP) is 3.81. The van der Waals surface area contributed by atoms with Crippen molar-refractivity contribution in [1.82, 2.24) is 0 Å². The number of thioether (sulfide) groups is 1. The summed E-state index contributed by atoms with van der Waals surface area (Å²) in [4.78, 5) is 27.3. The number of rotatable bonds is 5. The molecular formula is C18H17ClN2O3S. The van der Waals surface area contributed by atoms with E-state index in [1.54, 1.807) is 30.0 Å². The van der Waals surface area contributed by atoms with E-state index in [2.05, 4.69) is 5.32 Å². The molecule has 130 valence electrons. The topological polar surface area (TPSA) is 58.6 Å². The standard InChI is InChI=1S/C18H17ClN2O3S/c1-24-16-7-6-12(9-14(16)19)21-17(22)10-15(18(21)23)20-11-4-3-5-13(8-11)25-2/h3-9,15,20H,10H2,1-2H3/t15-/m1/s1. The summed E-state index contributed by atoms with van der Waals surface area (Å²) < 4.78 is 5.10. The van der Waals surface area contributed by atoms with Gasteiger partial charge in [0.15, 0.2) is 0 Å². The van der Waals surface area contributed by atoms with Gasteiger partial charge in [0.25, 0.3) is 5.91 Å². The molecule has 2 aromatic carbocycles. The maximum Gasteiger partial charge on any atom is 0.256 e. The number of anilines is 2. The average molecular weight is 377 g/mol. The lowest BCUT2D eigenvalue weighted by Crippen LogP contribution is -2.34. The van der Waals surface area contributed by atoms with Gasteiger partial charge >= 0.3 is 0 Å². The second kappa shape index (κ2) is 7.37. The van der Waals surface area contributed by atoms with Crippen LogP contribution in [0.2, 0.25) is 5.02 Å². The molecule has 0 bridgehead atoms. The van der Waals surface area contributed by atoms with Crippen LogP contribution in [0.4, 0.5) is 11.4 Å².